The van der Waals surface area contributed by atoms with E-state index in [1.165, 1.54) is 5.06 Å². The number of allylic oxidation sites excluding steroid dienone is 1. The van der Waals surface area contributed by atoms with Gasteiger partial charge in [0, 0.05) is 0 Å². The van der Waals surface area contributed by atoms with Crippen LogP contribution in [0.4, 0.5) is 0 Å². The van der Waals surface area contributed by atoms with Crippen LogP contribution in [-0.4, -0.2) is 41.2 Å². The van der Waals surface area contributed by atoms with E-state index in [0.29, 0.717) is 26.4 Å². The number of ether oxygens (including phenoxy) is 3. The molecular weight excluding hydrogens is 438 g/mol. The fraction of sp³-hybridized carbons (Fsp3) is 0.333. The third-order valence-electron chi connectivity index (χ3n) is 6.40. The first kappa shape index (κ1) is 25.3. The van der Waals surface area contributed by atoms with Gasteiger partial charge in [-0.2, -0.15) is 5.06 Å². The Morgan fingerprint density at radius 2 is 1.14 bits per heavy atom. The van der Waals surface area contributed by atoms with E-state index in [4.69, 9.17) is 14.2 Å². The first-order valence-electron chi connectivity index (χ1n) is 12.3. The lowest BCUT2D eigenvalue weighted by Crippen LogP contribution is -2.40. The molecule has 0 aliphatic carbocycles. The number of hydrogen-bond donors (Lipinski definition) is 1. The normalized spacial score (nSPS) is 22.3. The summed E-state index contributed by atoms with van der Waals surface area (Å²) in [7, 11) is 0. The van der Waals surface area contributed by atoms with Crippen molar-refractivity contribution >= 4 is 0 Å². The molecule has 1 fully saturated rings. The largest absolute Gasteiger partial charge is 0.375 e. The minimum Gasteiger partial charge on any atom is -0.375 e. The summed E-state index contributed by atoms with van der Waals surface area (Å²) >= 11 is 0. The van der Waals surface area contributed by atoms with Gasteiger partial charge in [0.25, 0.3) is 0 Å². The average Bonchev–Trinajstić information content (AvgIpc) is 3.16. The topological polar surface area (TPSA) is 51.2 Å². The van der Waals surface area contributed by atoms with E-state index in [9.17, 15) is 5.21 Å². The summed E-state index contributed by atoms with van der Waals surface area (Å²) in [4.78, 5) is 0. The average molecular weight is 474 g/mol. The monoisotopic (exact) mass is 473 g/mol. The predicted octanol–water partition coefficient (Wildman–Crippen LogP) is 5.78. The number of hydrogen-bond acceptors (Lipinski definition) is 5. The lowest BCUT2D eigenvalue weighted by molar-refractivity contribution is -0.166. The van der Waals surface area contributed by atoms with Crippen LogP contribution in [0.15, 0.2) is 104 Å². The second-order valence-electron chi connectivity index (χ2n) is 8.90. The maximum Gasteiger partial charge on any atom is 0.106 e. The minimum absolute atomic E-state index is 0.220. The summed E-state index contributed by atoms with van der Waals surface area (Å²) in [5.74, 6) is 0. The highest BCUT2D eigenvalue weighted by molar-refractivity contribution is 5.16. The molecule has 0 spiro atoms. The van der Waals surface area contributed by atoms with E-state index >= 15 is 0 Å². The highest BCUT2D eigenvalue weighted by atomic mass is 16.6. The SMILES string of the molecule is C=CCC[C@@H]1[C@@H](OCc2ccccc2)[C@H](OCc2ccccc2)[C@@H](COCc2ccccc2)N1O. The van der Waals surface area contributed by atoms with Crippen molar-refractivity contribution in [1.29, 1.82) is 0 Å². The summed E-state index contributed by atoms with van der Waals surface area (Å²) in [5, 5.41) is 12.7. The van der Waals surface area contributed by atoms with Gasteiger partial charge in [-0.1, -0.05) is 97.1 Å². The first-order chi connectivity index (χ1) is 17.3. The standard InChI is InChI=1S/C30H35NO4/c1-2-3-19-27-29(34-21-25-15-9-5-10-16-25)30(35-22-26-17-11-6-12-18-26)28(31(27)32)23-33-20-24-13-7-4-8-14-24/h2,4-18,27-30,32H,1,3,19-23H2/t27-,28-,29-,30-/m1/s1. The van der Waals surface area contributed by atoms with Crippen molar-refractivity contribution in [2.24, 2.45) is 0 Å². The molecule has 4 atom stereocenters. The van der Waals surface area contributed by atoms with Crippen molar-refractivity contribution in [2.45, 2.75) is 57.0 Å². The highest BCUT2D eigenvalue weighted by Gasteiger charge is 2.50. The zero-order valence-corrected chi connectivity index (χ0v) is 20.1. The van der Waals surface area contributed by atoms with E-state index in [-0.39, 0.29) is 24.3 Å². The van der Waals surface area contributed by atoms with Gasteiger partial charge in [-0.3, -0.25) is 0 Å². The summed E-state index contributed by atoms with van der Waals surface area (Å²) < 4.78 is 19.0. The smallest absolute Gasteiger partial charge is 0.106 e. The Kier molecular flexibility index (Phi) is 9.64. The Labute approximate surface area is 208 Å². The van der Waals surface area contributed by atoms with Crippen LogP contribution < -0.4 is 0 Å². The molecule has 184 valence electrons. The number of rotatable bonds is 13. The Hall–Kier alpha value is -2.80. The Balaban J connectivity index is 1.50. The minimum atomic E-state index is -0.352. The maximum absolute atomic E-state index is 11.3. The van der Waals surface area contributed by atoms with Crippen LogP contribution >= 0.6 is 0 Å². The molecule has 0 aromatic heterocycles. The molecule has 1 heterocycles. The van der Waals surface area contributed by atoms with Crippen molar-refractivity contribution in [3.05, 3.63) is 120 Å². The lowest BCUT2D eigenvalue weighted by atomic mass is 10.0. The van der Waals surface area contributed by atoms with E-state index in [0.717, 1.165) is 29.5 Å². The zero-order valence-electron chi connectivity index (χ0n) is 20.1. The molecule has 1 saturated heterocycles. The fourth-order valence-corrected chi connectivity index (χ4v) is 4.56. The molecule has 5 nitrogen and oxygen atoms in total. The number of hydroxylamine groups is 2. The number of benzene rings is 3. The van der Waals surface area contributed by atoms with E-state index in [1.807, 2.05) is 97.1 Å². The fourth-order valence-electron chi connectivity index (χ4n) is 4.56. The van der Waals surface area contributed by atoms with Gasteiger partial charge in [0.15, 0.2) is 0 Å². The van der Waals surface area contributed by atoms with Gasteiger partial charge in [-0.15, -0.1) is 6.58 Å². The van der Waals surface area contributed by atoms with Crippen LogP contribution in [0.1, 0.15) is 29.5 Å². The molecule has 0 bridgehead atoms. The van der Waals surface area contributed by atoms with E-state index in [2.05, 4.69) is 6.58 Å². The van der Waals surface area contributed by atoms with Gasteiger partial charge in [0.05, 0.1) is 38.5 Å². The van der Waals surface area contributed by atoms with Crippen molar-refractivity contribution in [3.8, 4) is 0 Å². The zero-order chi connectivity index (χ0) is 24.3. The van der Waals surface area contributed by atoms with Crippen LogP contribution in [0.5, 0.6) is 0 Å². The summed E-state index contributed by atoms with van der Waals surface area (Å²) in [6.07, 6.45) is 2.71. The van der Waals surface area contributed by atoms with Gasteiger partial charge in [-0.05, 0) is 29.5 Å². The highest BCUT2D eigenvalue weighted by Crippen LogP contribution is 2.33. The van der Waals surface area contributed by atoms with Crippen LogP contribution in [0.3, 0.4) is 0 Å². The molecule has 35 heavy (non-hydrogen) atoms. The van der Waals surface area contributed by atoms with Crippen LogP contribution in [-0.2, 0) is 34.0 Å². The van der Waals surface area contributed by atoms with Crippen molar-refractivity contribution in [3.63, 3.8) is 0 Å². The van der Waals surface area contributed by atoms with Crippen LogP contribution in [0, 0.1) is 0 Å². The van der Waals surface area contributed by atoms with Crippen molar-refractivity contribution < 1.29 is 19.4 Å². The van der Waals surface area contributed by atoms with Crippen molar-refractivity contribution in [1.82, 2.24) is 5.06 Å². The second-order valence-corrected chi connectivity index (χ2v) is 8.90. The Morgan fingerprint density at radius 1 is 0.686 bits per heavy atom. The van der Waals surface area contributed by atoms with E-state index < -0.39 is 0 Å². The Bertz CT molecular complexity index is 999. The van der Waals surface area contributed by atoms with E-state index in [1.54, 1.807) is 0 Å². The van der Waals surface area contributed by atoms with Crippen LogP contribution in [0.25, 0.3) is 0 Å². The molecular formula is C30H35NO4. The van der Waals surface area contributed by atoms with Gasteiger partial charge in [0.1, 0.15) is 12.2 Å². The molecule has 1 aliphatic rings. The predicted molar refractivity (Wildman–Crippen MR) is 137 cm³/mol. The van der Waals surface area contributed by atoms with Gasteiger partial charge < -0.3 is 19.4 Å². The summed E-state index contributed by atoms with van der Waals surface area (Å²) in [6, 6.07) is 29.7. The molecule has 1 aliphatic heterocycles. The summed E-state index contributed by atoms with van der Waals surface area (Å²) in [6.45, 7) is 5.56. The molecule has 3 aromatic rings. The molecule has 1 N–H and O–H groups in total. The third kappa shape index (κ3) is 7.10. The molecule has 0 amide bonds. The molecule has 0 saturated carbocycles. The van der Waals surface area contributed by atoms with Gasteiger partial charge in [-0.25, -0.2) is 0 Å². The lowest BCUT2D eigenvalue weighted by Gasteiger charge is -2.26. The maximum atomic E-state index is 11.3. The first-order valence-corrected chi connectivity index (χ1v) is 12.3. The Morgan fingerprint density at radius 3 is 1.63 bits per heavy atom. The van der Waals surface area contributed by atoms with Gasteiger partial charge in [0.2, 0.25) is 0 Å². The summed E-state index contributed by atoms with van der Waals surface area (Å²) in [5.41, 5.74) is 3.26. The molecule has 0 unspecified atom stereocenters. The molecule has 5 heteroatoms. The molecule has 4 rings (SSSR count). The second kappa shape index (κ2) is 13.3. The quantitative estimate of drug-likeness (QED) is 0.319. The molecule has 0 radical (unpaired) electrons. The number of nitrogens with zero attached hydrogens (tertiary/aromatic N) is 1. The third-order valence-corrected chi connectivity index (χ3v) is 6.40. The van der Waals surface area contributed by atoms with Gasteiger partial charge >= 0.3 is 0 Å². The van der Waals surface area contributed by atoms with Crippen molar-refractivity contribution in [2.75, 3.05) is 6.61 Å². The molecule has 3 aromatic carbocycles. The van der Waals surface area contributed by atoms with Crippen LogP contribution in [0.2, 0.25) is 0 Å².